The minimum atomic E-state index is -2.47. The van der Waals surface area contributed by atoms with Gasteiger partial charge in [0.25, 0.3) is 8.32 Å². The molecule has 3 nitrogen and oxygen atoms in total. The van der Waals surface area contributed by atoms with Gasteiger partial charge < -0.3 is 9.16 Å². The molecule has 0 N–H and O–H groups in total. The molecule has 2 aromatic rings. The van der Waals surface area contributed by atoms with E-state index in [1.165, 1.54) is 16.8 Å². The minimum absolute atomic E-state index is 0.00502. The predicted molar refractivity (Wildman–Crippen MR) is 113 cm³/mol. The summed E-state index contributed by atoms with van der Waals surface area (Å²) >= 11 is 0. The largest absolute Gasteiger partial charge is 0.484 e. The first-order chi connectivity index (χ1) is 13.0. The number of ether oxygens (including phenoxy) is 1. The molecule has 1 saturated carbocycles. The summed E-state index contributed by atoms with van der Waals surface area (Å²) < 4.78 is 12.5. The standard InChI is InChI=1S/C23H29NO2Si/c1-23(2,3)27(17-11-7-5-8-12-17,18-13-9-6-10-14-18)26-16-21-19-15-20(19)22(24-21)25-4/h5-14,19-21H,15-16H2,1-4H3/t19-,20+,21+/m0/s1. The fourth-order valence-electron chi connectivity index (χ4n) is 4.62. The van der Waals surface area contributed by atoms with Crippen LogP contribution in [-0.4, -0.2) is 34.0 Å². The Balaban J connectivity index is 1.73. The van der Waals surface area contributed by atoms with E-state index in [0.717, 1.165) is 5.90 Å². The molecule has 0 amide bonds. The van der Waals surface area contributed by atoms with E-state index >= 15 is 0 Å². The van der Waals surface area contributed by atoms with Gasteiger partial charge in [-0.1, -0.05) is 81.4 Å². The Hall–Kier alpha value is -1.91. The summed E-state index contributed by atoms with van der Waals surface area (Å²) in [6, 6.07) is 21.9. The summed E-state index contributed by atoms with van der Waals surface area (Å²) in [6.07, 6.45) is 1.20. The van der Waals surface area contributed by atoms with Crippen molar-refractivity contribution in [2.75, 3.05) is 13.7 Å². The van der Waals surface area contributed by atoms with E-state index in [1.54, 1.807) is 7.11 Å². The number of methoxy groups -OCH3 is 1. The van der Waals surface area contributed by atoms with Crippen molar-refractivity contribution in [2.24, 2.45) is 16.8 Å². The van der Waals surface area contributed by atoms with Crippen LogP contribution < -0.4 is 10.4 Å². The molecule has 1 heterocycles. The predicted octanol–water partition coefficient (Wildman–Crippen LogP) is 3.63. The molecule has 1 aliphatic carbocycles. The lowest BCUT2D eigenvalue weighted by molar-refractivity contribution is 0.263. The van der Waals surface area contributed by atoms with Gasteiger partial charge in [-0.05, 0) is 27.8 Å². The van der Waals surface area contributed by atoms with Gasteiger partial charge in [-0.2, -0.15) is 0 Å². The summed E-state index contributed by atoms with van der Waals surface area (Å²) in [5.74, 6) is 2.07. The van der Waals surface area contributed by atoms with Crippen LogP contribution in [0.1, 0.15) is 27.2 Å². The van der Waals surface area contributed by atoms with Crippen molar-refractivity contribution in [2.45, 2.75) is 38.3 Å². The molecular weight excluding hydrogens is 350 g/mol. The highest BCUT2D eigenvalue weighted by Gasteiger charge is 2.55. The van der Waals surface area contributed by atoms with E-state index < -0.39 is 8.32 Å². The summed E-state index contributed by atoms with van der Waals surface area (Å²) in [7, 11) is -0.735. The van der Waals surface area contributed by atoms with E-state index in [1.807, 2.05) is 0 Å². The molecule has 4 rings (SSSR count). The minimum Gasteiger partial charge on any atom is -0.484 e. The third-order valence-electron chi connectivity index (χ3n) is 6.04. The van der Waals surface area contributed by atoms with Crippen molar-refractivity contribution in [1.82, 2.24) is 0 Å². The van der Waals surface area contributed by atoms with Crippen LogP contribution in [0.15, 0.2) is 65.7 Å². The van der Waals surface area contributed by atoms with E-state index in [-0.39, 0.29) is 11.1 Å². The van der Waals surface area contributed by atoms with Crippen LogP contribution in [0.25, 0.3) is 0 Å². The first-order valence-corrected chi connectivity index (χ1v) is 11.7. The smallest absolute Gasteiger partial charge is 0.261 e. The number of aliphatic imine (C=N–C) groups is 1. The molecule has 3 atom stereocenters. The zero-order valence-electron chi connectivity index (χ0n) is 16.7. The molecule has 0 unspecified atom stereocenters. The summed E-state index contributed by atoms with van der Waals surface area (Å²) in [6.45, 7) is 7.62. The Bertz CT molecular complexity index is 774. The molecule has 2 aromatic carbocycles. The molecule has 0 radical (unpaired) electrons. The van der Waals surface area contributed by atoms with E-state index in [4.69, 9.17) is 14.2 Å². The average Bonchev–Trinajstić information content (AvgIpc) is 3.39. The Morgan fingerprint density at radius 1 is 0.963 bits per heavy atom. The van der Waals surface area contributed by atoms with Gasteiger partial charge in [0.15, 0.2) is 5.90 Å². The second-order valence-corrected chi connectivity index (χ2v) is 13.0. The first-order valence-electron chi connectivity index (χ1n) is 9.84. The third kappa shape index (κ3) is 3.15. The third-order valence-corrected chi connectivity index (χ3v) is 11.0. The molecule has 2 aliphatic rings. The second-order valence-electron chi connectivity index (χ2n) is 8.72. The molecule has 0 bridgehead atoms. The fraction of sp³-hybridized carbons (Fsp3) is 0.435. The number of fused-ring (bicyclic) bond motifs is 1. The lowest BCUT2D eigenvalue weighted by Crippen LogP contribution is -2.67. The maximum Gasteiger partial charge on any atom is 0.261 e. The number of rotatable bonds is 5. The van der Waals surface area contributed by atoms with Crippen LogP contribution in [0.4, 0.5) is 0 Å². The van der Waals surface area contributed by atoms with Gasteiger partial charge in [0.1, 0.15) is 0 Å². The molecule has 0 aromatic heterocycles. The summed E-state index contributed by atoms with van der Waals surface area (Å²) in [4.78, 5) is 4.80. The Labute approximate surface area is 163 Å². The van der Waals surface area contributed by atoms with Crippen LogP contribution in [0.3, 0.4) is 0 Å². The van der Waals surface area contributed by atoms with Crippen molar-refractivity contribution < 1.29 is 9.16 Å². The van der Waals surface area contributed by atoms with Crippen LogP contribution in [-0.2, 0) is 9.16 Å². The van der Waals surface area contributed by atoms with Crippen LogP contribution in [0, 0.1) is 11.8 Å². The van der Waals surface area contributed by atoms with Gasteiger partial charge in [0, 0.05) is 5.92 Å². The highest BCUT2D eigenvalue weighted by molar-refractivity contribution is 6.99. The normalized spacial score (nSPS) is 24.3. The Kier molecular flexibility index (Phi) is 4.73. The summed E-state index contributed by atoms with van der Waals surface area (Å²) in [5.41, 5.74) is 0. The van der Waals surface area contributed by atoms with Gasteiger partial charge in [-0.3, -0.25) is 0 Å². The van der Waals surface area contributed by atoms with E-state index in [2.05, 4.69) is 81.4 Å². The van der Waals surface area contributed by atoms with Crippen molar-refractivity contribution in [3.8, 4) is 0 Å². The van der Waals surface area contributed by atoms with Crippen LogP contribution in [0.5, 0.6) is 0 Å². The van der Waals surface area contributed by atoms with Gasteiger partial charge >= 0.3 is 0 Å². The van der Waals surface area contributed by atoms with Crippen LogP contribution in [0.2, 0.25) is 5.04 Å². The molecule has 0 spiro atoms. The number of hydrogen-bond donors (Lipinski definition) is 0. The molecule has 4 heteroatoms. The van der Waals surface area contributed by atoms with Crippen molar-refractivity contribution >= 4 is 24.6 Å². The monoisotopic (exact) mass is 379 g/mol. The van der Waals surface area contributed by atoms with Gasteiger partial charge in [0.05, 0.1) is 19.8 Å². The van der Waals surface area contributed by atoms with Crippen molar-refractivity contribution in [1.29, 1.82) is 0 Å². The molecule has 0 saturated heterocycles. The lowest BCUT2D eigenvalue weighted by atomic mass is 10.2. The molecular formula is C23H29NO2Si. The van der Waals surface area contributed by atoms with Gasteiger partial charge in [0.2, 0.25) is 0 Å². The topological polar surface area (TPSA) is 30.8 Å². The quantitative estimate of drug-likeness (QED) is 0.743. The maximum atomic E-state index is 7.02. The Morgan fingerprint density at radius 3 is 1.96 bits per heavy atom. The Morgan fingerprint density at radius 2 is 1.52 bits per heavy atom. The lowest BCUT2D eigenvalue weighted by Gasteiger charge is -2.43. The average molecular weight is 380 g/mol. The van der Waals surface area contributed by atoms with Gasteiger partial charge in [-0.15, -0.1) is 0 Å². The van der Waals surface area contributed by atoms with E-state index in [9.17, 15) is 0 Å². The van der Waals surface area contributed by atoms with Crippen molar-refractivity contribution in [3.05, 3.63) is 60.7 Å². The van der Waals surface area contributed by atoms with Crippen LogP contribution >= 0.6 is 0 Å². The number of hydrogen-bond acceptors (Lipinski definition) is 3. The molecule has 1 aliphatic heterocycles. The number of benzene rings is 2. The highest BCUT2D eigenvalue weighted by atomic mass is 28.4. The first kappa shape index (κ1) is 18.5. The molecule has 27 heavy (non-hydrogen) atoms. The fourth-order valence-corrected chi connectivity index (χ4v) is 9.19. The van der Waals surface area contributed by atoms with Gasteiger partial charge in [-0.25, -0.2) is 4.99 Å². The highest BCUT2D eigenvalue weighted by Crippen LogP contribution is 2.49. The second kappa shape index (κ2) is 6.92. The number of nitrogens with zero attached hydrogens (tertiary/aromatic N) is 1. The molecule has 142 valence electrons. The SMILES string of the molecule is COC1=N[C@H](CO[Si](c2ccccc2)(c2ccccc2)C(C)(C)C)[C@H]2C[C@@H]12. The van der Waals surface area contributed by atoms with E-state index in [0.29, 0.717) is 18.4 Å². The molecule has 1 fully saturated rings. The summed E-state index contributed by atoms with van der Waals surface area (Å²) in [5, 5.41) is 2.65. The zero-order valence-corrected chi connectivity index (χ0v) is 17.7. The zero-order chi connectivity index (χ0) is 19.1. The maximum absolute atomic E-state index is 7.02. The van der Waals surface area contributed by atoms with Crippen molar-refractivity contribution in [3.63, 3.8) is 0 Å².